The molecule has 208 valence electrons. The summed E-state index contributed by atoms with van der Waals surface area (Å²) in [7, 11) is 0. The Balaban J connectivity index is 0.00000198. The van der Waals surface area contributed by atoms with Crippen LogP contribution in [-0.2, 0) is 6.42 Å². The number of H-pyrrole nitrogens is 1. The van der Waals surface area contributed by atoms with Gasteiger partial charge in [0.25, 0.3) is 0 Å². The van der Waals surface area contributed by atoms with Gasteiger partial charge in [-0.05, 0) is 71.1 Å². The number of pyridine rings is 1. The lowest BCUT2D eigenvalue weighted by Crippen LogP contribution is -1.99. The minimum Gasteiger partial charge on any atom is -0.398 e. The van der Waals surface area contributed by atoms with Crippen LogP contribution in [0.15, 0.2) is 123 Å². The molecule has 0 spiro atoms. The second-order valence-electron chi connectivity index (χ2n) is 9.68. The molecule has 0 bridgehead atoms. The number of benzene rings is 3. The predicted molar refractivity (Wildman–Crippen MR) is 175 cm³/mol. The molecule has 5 rings (SSSR count). The molecule has 0 unspecified atom stereocenters. The quantitative estimate of drug-likeness (QED) is 0.0974. The van der Waals surface area contributed by atoms with Gasteiger partial charge in [-0.25, -0.2) is 4.39 Å². The number of hydrogen-bond acceptors (Lipinski definition) is 3. The van der Waals surface area contributed by atoms with Gasteiger partial charge in [0.15, 0.2) is 0 Å². The first-order valence-electron chi connectivity index (χ1n) is 13.4. The molecule has 5 aromatic rings. The van der Waals surface area contributed by atoms with Crippen molar-refractivity contribution in [2.45, 2.75) is 13.3 Å². The minimum absolute atomic E-state index is 0.263. The number of halogens is 1. The highest BCUT2D eigenvalue weighted by molar-refractivity contribution is 5.82. The first-order chi connectivity index (χ1) is 20.4. The first kappa shape index (κ1) is 29.4. The molecule has 0 amide bonds. The second-order valence-corrected chi connectivity index (χ2v) is 9.68. The van der Waals surface area contributed by atoms with Crippen LogP contribution in [0.5, 0.6) is 0 Å². The molecular weight excluding hydrogens is 519 g/mol. The number of aryl methyl sites for hydroxylation is 1. The van der Waals surface area contributed by atoms with Crippen molar-refractivity contribution in [3.63, 3.8) is 0 Å². The lowest BCUT2D eigenvalue weighted by molar-refractivity contribution is 0.627. The van der Waals surface area contributed by atoms with Gasteiger partial charge in [0.05, 0.1) is 11.9 Å². The SMILES string of the molecule is C#C.C=C/C=C(/c1ccc(F)cc1)c1cc(Cc2cc(-c3cncc(NC(=C)c4ccccc4)c3)ccc2N)[nH]c1C. The third-order valence-electron chi connectivity index (χ3n) is 6.81. The van der Waals surface area contributed by atoms with E-state index in [9.17, 15) is 4.39 Å². The summed E-state index contributed by atoms with van der Waals surface area (Å²) in [6.07, 6.45) is 16.0. The van der Waals surface area contributed by atoms with Crippen molar-refractivity contribution in [2.24, 2.45) is 0 Å². The van der Waals surface area contributed by atoms with Gasteiger partial charge in [-0.2, -0.15) is 0 Å². The van der Waals surface area contributed by atoms with Crippen molar-refractivity contribution in [3.05, 3.63) is 162 Å². The molecule has 42 heavy (non-hydrogen) atoms. The highest BCUT2D eigenvalue weighted by Gasteiger charge is 2.14. The second kappa shape index (κ2) is 13.6. The van der Waals surface area contributed by atoms with Gasteiger partial charge in [-0.1, -0.05) is 73.8 Å². The van der Waals surface area contributed by atoms with Crippen molar-refractivity contribution in [1.29, 1.82) is 0 Å². The fourth-order valence-electron chi connectivity index (χ4n) is 4.79. The Morgan fingerprint density at radius 2 is 1.69 bits per heavy atom. The van der Waals surface area contributed by atoms with E-state index in [0.717, 1.165) is 67.4 Å². The summed E-state index contributed by atoms with van der Waals surface area (Å²) in [6.45, 7) is 10.1. The lowest BCUT2D eigenvalue weighted by Gasteiger charge is -2.12. The molecule has 0 aliphatic rings. The Morgan fingerprint density at radius 1 is 0.952 bits per heavy atom. The fraction of sp³-hybridized carbons (Fsp3) is 0.0541. The van der Waals surface area contributed by atoms with Crippen LogP contribution in [0.4, 0.5) is 15.8 Å². The number of aromatic amines is 1. The summed E-state index contributed by atoms with van der Waals surface area (Å²) in [6, 6.07) is 26.7. The Labute approximate surface area is 247 Å². The molecule has 3 aromatic carbocycles. The van der Waals surface area contributed by atoms with E-state index in [1.54, 1.807) is 24.4 Å². The van der Waals surface area contributed by atoms with E-state index in [0.29, 0.717) is 6.42 Å². The maximum atomic E-state index is 13.5. The Hall–Kier alpha value is -5.60. The highest BCUT2D eigenvalue weighted by Crippen LogP contribution is 2.31. The Bertz CT molecular complexity index is 1740. The Morgan fingerprint density at radius 3 is 2.40 bits per heavy atom. The van der Waals surface area contributed by atoms with Crippen molar-refractivity contribution in [1.82, 2.24) is 9.97 Å². The number of aromatic nitrogens is 2. The smallest absolute Gasteiger partial charge is 0.123 e. The zero-order chi connectivity index (χ0) is 30.1. The van der Waals surface area contributed by atoms with Crippen LogP contribution in [0.25, 0.3) is 22.4 Å². The van der Waals surface area contributed by atoms with Gasteiger partial charge in [0.2, 0.25) is 0 Å². The minimum atomic E-state index is -0.263. The third kappa shape index (κ3) is 6.93. The number of terminal acetylenes is 1. The van der Waals surface area contributed by atoms with Crippen molar-refractivity contribution >= 4 is 22.6 Å². The highest BCUT2D eigenvalue weighted by atomic mass is 19.1. The monoisotopic (exact) mass is 552 g/mol. The summed E-state index contributed by atoms with van der Waals surface area (Å²) in [5, 5.41) is 3.36. The number of nitrogens with two attached hydrogens (primary N) is 1. The maximum absolute atomic E-state index is 13.5. The Kier molecular flexibility index (Phi) is 9.55. The van der Waals surface area contributed by atoms with Crippen LogP contribution in [0.3, 0.4) is 0 Å². The van der Waals surface area contributed by atoms with E-state index in [4.69, 9.17) is 5.73 Å². The fourth-order valence-corrected chi connectivity index (χ4v) is 4.79. The number of nitrogens with one attached hydrogen (secondary N) is 2. The van der Waals surface area contributed by atoms with E-state index >= 15 is 0 Å². The van der Waals surface area contributed by atoms with Crippen molar-refractivity contribution < 1.29 is 4.39 Å². The molecule has 0 aliphatic heterocycles. The summed E-state index contributed by atoms with van der Waals surface area (Å²) in [5.41, 5.74) is 17.8. The van der Waals surface area contributed by atoms with Crippen LogP contribution in [0, 0.1) is 25.6 Å². The molecule has 2 aromatic heterocycles. The molecule has 4 N–H and O–H groups in total. The molecule has 0 saturated heterocycles. The van der Waals surface area contributed by atoms with Crippen LogP contribution in [0.1, 0.15) is 33.6 Å². The average molecular weight is 553 g/mol. The van der Waals surface area contributed by atoms with Crippen LogP contribution < -0.4 is 11.1 Å². The number of hydrogen-bond donors (Lipinski definition) is 3. The number of nitrogens with zero attached hydrogens (tertiary/aromatic N) is 1. The largest absolute Gasteiger partial charge is 0.398 e. The zero-order valence-corrected chi connectivity index (χ0v) is 23.6. The molecule has 0 saturated carbocycles. The molecule has 5 heteroatoms. The van der Waals surface area contributed by atoms with E-state index in [1.807, 2.05) is 61.7 Å². The first-order valence-corrected chi connectivity index (χ1v) is 13.4. The van der Waals surface area contributed by atoms with E-state index < -0.39 is 0 Å². The topological polar surface area (TPSA) is 66.7 Å². The molecule has 4 nitrogen and oxygen atoms in total. The normalized spacial score (nSPS) is 10.8. The van der Waals surface area contributed by atoms with E-state index in [-0.39, 0.29) is 5.82 Å². The molecule has 0 fully saturated rings. The predicted octanol–water partition coefficient (Wildman–Crippen LogP) is 8.65. The number of anilines is 2. The molecule has 0 radical (unpaired) electrons. The average Bonchev–Trinajstić information content (AvgIpc) is 3.38. The maximum Gasteiger partial charge on any atom is 0.123 e. The van der Waals surface area contributed by atoms with Crippen molar-refractivity contribution in [2.75, 3.05) is 11.1 Å². The molecular formula is C37H33FN4. The van der Waals surface area contributed by atoms with Gasteiger partial charge in [0.1, 0.15) is 5.82 Å². The summed E-state index contributed by atoms with van der Waals surface area (Å²) in [5.74, 6) is -0.263. The number of rotatable bonds is 9. The lowest BCUT2D eigenvalue weighted by atomic mass is 9.96. The summed E-state index contributed by atoms with van der Waals surface area (Å²) >= 11 is 0. The van der Waals surface area contributed by atoms with Crippen molar-refractivity contribution in [3.8, 4) is 24.0 Å². The number of nitrogen functional groups attached to an aromatic ring is 1. The number of allylic oxidation sites excluding steroid dienone is 2. The zero-order valence-electron chi connectivity index (χ0n) is 23.6. The van der Waals surface area contributed by atoms with E-state index in [2.05, 4.69) is 59.5 Å². The van der Waals surface area contributed by atoms with Gasteiger partial charge in [0, 0.05) is 46.5 Å². The summed E-state index contributed by atoms with van der Waals surface area (Å²) < 4.78 is 13.5. The molecule has 2 heterocycles. The van der Waals surface area contributed by atoms with E-state index in [1.165, 1.54) is 12.1 Å². The van der Waals surface area contributed by atoms with Gasteiger partial charge in [-0.15, -0.1) is 12.8 Å². The van der Waals surface area contributed by atoms with Crippen LogP contribution in [0.2, 0.25) is 0 Å². The van der Waals surface area contributed by atoms with Gasteiger partial charge < -0.3 is 16.0 Å². The van der Waals surface area contributed by atoms with Crippen LogP contribution in [-0.4, -0.2) is 9.97 Å². The van der Waals surface area contributed by atoms with Gasteiger partial charge in [-0.3, -0.25) is 4.98 Å². The third-order valence-corrected chi connectivity index (χ3v) is 6.81. The summed E-state index contributed by atoms with van der Waals surface area (Å²) in [4.78, 5) is 7.96. The van der Waals surface area contributed by atoms with Gasteiger partial charge >= 0.3 is 0 Å². The van der Waals surface area contributed by atoms with Crippen LogP contribution >= 0.6 is 0 Å². The molecule has 0 aliphatic carbocycles. The standard InChI is InChI=1S/C35H31FN4.C2H2/c1-4-8-33(26-11-14-30(36)15-12-26)34-20-31(40-24(34)3)18-28-17-27(13-16-35(28)37)29-19-32(22-38-21-29)39-23(2)25-9-6-5-7-10-25;1-2/h4-17,19-22,39-40H,1-2,18,37H2,3H3;1-2H/b33-8-;. The molecule has 0 atom stereocenters.